The van der Waals surface area contributed by atoms with Gasteiger partial charge in [0, 0.05) is 18.6 Å². The first-order chi connectivity index (χ1) is 7.63. The Labute approximate surface area is 99.4 Å². The number of carbonyl (C=O) groups excluding carboxylic acids is 1. The lowest BCUT2D eigenvalue weighted by Gasteiger charge is -2.15. The molecule has 0 unspecified atom stereocenters. The minimum absolute atomic E-state index is 0.0435. The molecule has 0 saturated heterocycles. The van der Waals surface area contributed by atoms with E-state index in [0.29, 0.717) is 17.3 Å². The summed E-state index contributed by atoms with van der Waals surface area (Å²) in [6.45, 7) is 0.212. The Hall–Kier alpha value is -1.26. The quantitative estimate of drug-likeness (QED) is 0.845. The number of hydrogen-bond donors (Lipinski definition) is 1. The van der Waals surface area contributed by atoms with Crippen molar-refractivity contribution in [2.75, 3.05) is 26.8 Å². The highest BCUT2D eigenvalue weighted by Crippen LogP contribution is 2.15. The van der Waals surface area contributed by atoms with E-state index in [-0.39, 0.29) is 19.1 Å². The zero-order valence-electron chi connectivity index (χ0n) is 9.02. The number of carbonyl (C=O) groups is 1. The molecule has 1 aromatic carbocycles. The predicted molar refractivity (Wildman–Crippen MR) is 61.7 cm³/mol. The highest BCUT2D eigenvalue weighted by molar-refractivity contribution is 6.30. The molecular formula is C11H14ClNO3. The fourth-order valence-electron chi connectivity index (χ4n) is 1.06. The molecule has 4 nitrogen and oxygen atoms in total. The molecule has 16 heavy (non-hydrogen) atoms. The molecule has 0 fully saturated rings. The number of aliphatic hydroxyl groups is 1. The van der Waals surface area contributed by atoms with Gasteiger partial charge in [-0.3, -0.25) is 4.79 Å². The van der Waals surface area contributed by atoms with Crippen LogP contribution in [0.4, 0.5) is 0 Å². The van der Waals surface area contributed by atoms with Gasteiger partial charge in [-0.25, -0.2) is 0 Å². The first kappa shape index (κ1) is 12.8. The third-order valence-corrected chi connectivity index (χ3v) is 2.29. The largest absolute Gasteiger partial charge is 0.484 e. The van der Waals surface area contributed by atoms with E-state index in [1.54, 1.807) is 31.3 Å². The molecule has 0 aliphatic rings. The van der Waals surface area contributed by atoms with Crippen LogP contribution in [0, 0.1) is 0 Å². The second-order valence-corrected chi connectivity index (χ2v) is 3.72. The van der Waals surface area contributed by atoms with Gasteiger partial charge in [-0.2, -0.15) is 0 Å². The third-order valence-electron chi connectivity index (χ3n) is 2.04. The molecule has 0 spiro atoms. The molecule has 0 bridgehead atoms. The molecule has 0 saturated carbocycles. The van der Waals surface area contributed by atoms with Crippen LogP contribution in [0.15, 0.2) is 24.3 Å². The van der Waals surface area contributed by atoms with Crippen LogP contribution in [0.2, 0.25) is 5.02 Å². The van der Waals surface area contributed by atoms with Gasteiger partial charge in [-0.15, -0.1) is 0 Å². The van der Waals surface area contributed by atoms with Gasteiger partial charge in [0.25, 0.3) is 5.91 Å². The molecule has 0 atom stereocenters. The van der Waals surface area contributed by atoms with Crippen molar-refractivity contribution in [3.8, 4) is 5.75 Å². The fourth-order valence-corrected chi connectivity index (χ4v) is 1.19. The summed E-state index contributed by atoms with van der Waals surface area (Å²) < 4.78 is 5.26. The number of hydrogen-bond acceptors (Lipinski definition) is 3. The van der Waals surface area contributed by atoms with Crippen LogP contribution in [-0.2, 0) is 4.79 Å². The van der Waals surface area contributed by atoms with E-state index in [9.17, 15) is 4.79 Å². The lowest BCUT2D eigenvalue weighted by molar-refractivity contribution is -0.132. The Morgan fingerprint density at radius 3 is 2.62 bits per heavy atom. The van der Waals surface area contributed by atoms with Crippen molar-refractivity contribution in [3.05, 3.63) is 29.3 Å². The van der Waals surface area contributed by atoms with Crippen LogP contribution in [0.3, 0.4) is 0 Å². The minimum Gasteiger partial charge on any atom is -0.484 e. The molecule has 0 radical (unpaired) electrons. The smallest absolute Gasteiger partial charge is 0.260 e. The summed E-state index contributed by atoms with van der Waals surface area (Å²) in [7, 11) is 1.61. The van der Waals surface area contributed by atoms with E-state index in [1.165, 1.54) is 4.90 Å². The van der Waals surface area contributed by atoms with Crippen molar-refractivity contribution < 1.29 is 14.6 Å². The van der Waals surface area contributed by atoms with Crippen LogP contribution < -0.4 is 4.74 Å². The van der Waals surface area contributed by atoms with Crippen LogP contribution in [0.1, 0.15) is 0 Å². The van der Waals surface area contributed by atoms with E-state index in [4.69, 9.17) is 21.4 Å². The van der Waals surface area contributed by atoms with Crippen molar-refractivity contribution in [3.63, 3.8) is 0 Å². The summed E-state index contributed by atoms with van der Waals surface area (Å²) in [4.78, 5) is 12.8. The normalized spacial score (nSPS) is 9.94. The number of ether oxygens (including phenoxy) is 1. The molecule has 0 aliphatic carbocycles. The molecule has 1 aromatic rings. The van der Waals surface area contributed by atoms with Gasteiger partial charge in [0.1, 0.15) is 5.75 Å². The summed E-state index contributed by atoms with van der Waals surface area (Å²) in [5.41, 5.74) is 0. The van der Waals surface area contributed by atoms with Gasteiger partial charge in [0.2, 0.25) is 0 Å². The molecule has 5 heteroatoms. The minimum atomic E-state index is -0.177. The Balaban J connectivity index is 2.39. The number of benzene rings is 1. The van der Waals surface area contributed by atoms with E-state index < -0.39 is 0 Å². The van der Waals surface area contributed by atoms with Gasteiger partial charge in [-0.1, -0.05) is 11.6 Å². The molecule has 1 amide bonds. The van der Waals surface area contributed by atoms with Gasteiger partial charge in [-0.05, 0) is 24.3 Å². The van der Waals surface area contributed by atoms with Crippen molar-refractivity contribution >= 4 is 17.5 Å². The van der Waals surface area contributed by atoms with E-state index in [0.717, 1.165) is 0 Å². The fraction of sp³-hybridized carbons (Fsp3) is 0.364. The monoisotopic (exact) mass is 243 g/mol. The Morgan fingerprint density at radius 2 is 2.06 bits per heavy atom. The molecule has 88 valence electrons. The number of likely N-dealkylation sites (N-methyl/N-ethyl adjacent to an activating group) is 1. The molecule has 0 aromatic heterocycles. The van der Waals surface area contributed by atoms with Gasteiger partial charge in [0.15, 0.2) is 6.61 Å². The van der Waals surface area contributed by atoms with E-state index in [2.05, 4.69) is 0 Å². The molecule has 0 heterocycles. The lowest BCUT2D eigenvalue weighted by Crippen LogP contribution is -2.33. The average Bonchev–Trinajstić information content (AvgIpc) is 2.28. The number of halogens is 1. The molecule has 1 rings (SSSR count). The summed E-state index contributed by atoms with van der Waals surface area (Å²) >= 11 is 5.71. The maximum Gasteiger partial charge on any atom is 0.260 e. The number of nitrogens with zero attached hydrogens (tertiary/aromatic N) is 1. The second kappa shape index (κ2) is 6.35. The summed E-state index contributed by atoms with van der Waals surface area (Å²) in [5.74, 6) is 0.416. The number of amides is 1. The van der Waals surface area contributed by atoms with Crippen molar-refractivity contribution in [2.24, 2.45) is 0 Å². The second-order valence-electron chi connectivity index (χ2n) is 3.28. The maximum absolute atomic E-state index is 11.4. The zero-order chi connectivity index (χ0) is 12.0. The Bertz CT molecular complexity index is 340. The van der Waals surface area contributed by atoms with Crippen molar-refractivity contribution in [2.45, 2.75) is 0 Å². The third kappa shape index (κ3) is 4.08. The highest BCUT2D eigenvalue weighted by atomic mass is 35.5. The predicted octanol–water partition coefficient (Wildman–Crippen LogP) is 1.17. The van der Waals surface area contributed by atoms with Crippen LogP contribution in [0.5, 0.6) is 5.75 Å². The molecule has 1 N–H and O–H groups in total. The lowest BCUT2D eigenvalue weighted by atomic mass is 10.3. The van der Waals surface area contributed by atoms with Crippen LogP contribution >= 0.6 is 11.6 Å². The zero-order valence-corrected chi connectivity index (χ0v) is 9.78. The molecular weight excluding hydrogens is 230 g/mol. The highest BCUT2D eigenvalue weighted by Gasteiger charge is 2.08. The summed E-state index contributed by atoms with van der Waals surface area (Å²) in [6.07, 6.45) is 0. The Kier molecular flexibility index (Phi) is 5.08. The van der Waals surface area contributed by atoms with Gasteiger partial charge < -0.3 is 14.7 Å². The number of rotatable bonds is 5. The van der Waals surface area contributed by atoms with Gasteiger partial charge in [0.05, 0.1) is 6.61 Å². The standard InChI is InChI=1S/C11H14ClNO3/c1-13(6-7-14)11(15)8-16-10-4-2-9(12)3-5-10/h2-5,14H,6-8H2,1H3. The first-order valence-electron chi connectivity index (χ1n) is 4.86. The molecule has 0 aliphatic heterocycles. The topological polar surface area (TPSA) is 49.8 Å². The SMILES string of the molecule is CN(CCO)C(=O)COc1ccc(Cl)cc1. The van der Waals surface area contributed by atoms with E-state index in [1.807, 2.05) is 0 Å². The number of aliphatic hydroxyl groups excluding tert-OH is 1. The first-order valence-corrected chi connectivity index (χ1v) is 5.24. The Morgan fingerprint density at radius 1 is 1.44 bits per heavy atom. The van der Waals surface area contributed by atoms with Crippen molar-refractivity contribution in [1.82, 2.24) is 4.90 Å². The average molecular weight is 244 g/mol. The van der Waals surface area contributed by atoms with Crippen molar-refractivity contribution in [1.29, 1.82) is 0 Å². The summed E-state index contributed by atoms with van der Waals surface area (Å²) in [5, 5.41) is 9.27. The van der Waals surface area contributed by atoms with Crippen LogP contribution in [-0.4, -0.2) is 42.7 Å². The van der Waals surface area contributed by atoms with Crippen LogP contribution in [0.25, 0.3) is 0 Å². The maximum atomic E-state index is 11.4. The van der Waals surface area contributed by atoms with E-state index >= 15 is 0 Å². The summed E-state index contributed by atoms with van der Waals surface area (Å²) in [6, 6.07) is 6.78. The van der Waals surface area contributed by atoms with Gasteiger partial charge >= 0.3 is 0 Å².